The van der Waals surface area contributed by atoms with E-state index in [1.165, 1.54) is 64.8 Å². The number of nitro benzene ring substituents is 2. The molecule has 4 aromatic rings. The molecule has 0 fully saturated rings. The molecule has 0 amide bonds. The van der Waals surface area contributed by atoms with Crippen molar-refractivity contribution in [1.82, 2.24) is 0 Å². The molecule has 42 heavy (non-hydrogen) atoms. The summed E-state index contributed by atoms with van der Waals surface area (Å²) >= 11 is 0. The highest BCUT2D eigenvalue weighted by Gasteiger charge is 2.22. The Bertz CT molecular complexity index is 1550. The van der Waals surface area contributed by atoms with Gasteiger partial charge in [0.05, 0.1) is 38.3 Å². The predicted molar refractivity (Wildman–Crippen MR) is 150 cm³/mol. The number of non-ortho nitro benzene ring substituents is 2. The zero-order valence-corrected chi connectivity index (χ0v) is 22.8. The van der Waals surface area contributed by atoms with Gasteiger partial charge in [-0.15, -0.1) is 0 Å². The zero-order valence-electron chi connectivity index (χ0n) is 22.8. The highest BCUT2D eigenvalue weighted by Crippen LogP contribution is 2.40. The number of rotatable bonds is 10. The summed E-state index contributed by atoms with van der Waals surface area (Å²) in [5, 5.41) is 23.0. The molecule has 4 rings (SSSR count). The van der Waals surface area contributed by atoms with Gasteiger partial charge in [0, 0.05) is 35.4 Å². The van der Waals surface area contributed by atoms with Crippen molar-refractivity contribution in [3.63, 3.8) is 0 Å². The van der Waals surface area contributed by atoms with E-state index < -0.39 is 16.0 Å². The lowest BCUT2D eigenvalue weighted by atomic mass is 10.0. The summed E-state index contributed by atoms with van der Waals surface area (Å²) in [4.78, 5) is 34.8. The van der Waals surface area contributed by atoms with E-state index >= 15 is 0 Å². The maximum absolute atomic E-state index is 13.0. The van der Waals surface area contributed by atoms with Crippen molar-refractivity contribution >= 4 is 17.5 Å². The van der Waals surface area contributed by atoms with Gasteiger partial charge in [0.15, 0.2) is 23.0 Å². The molecular formula is C29H24N2O11. The van der Waals surface area contributed by atoms with Crippen molar-refractivity contribution in [2.24, 2.45) is 0 Å². The molecule has 216 valence electrons. The second kappa shape index (κ2) is 12.6. The van der Waals surface area contributed by atoms with Gasteiger partial charge < -0.3 is 28.4 Å². The maximum atomic E-state index is 13.0. The van der Waals surface area contributed by atoms with Crippen LogP contribution in [0.25, 0.3) is 22.3 Å². The fourth-order valence-electron chi connectivity index (χ4n) is 4.10. The lowest BCUT2D eigenvalue weighted by Crippen LogP contribution is -2.15. The molecule has 0 heterocycles. The summed E-state index contributed by atoms with van der Waals surface area (Å²) in [5.41, 5.74) is 0.774. The molecule has 0 saturated heterocycles. The molecule has 0 aliphatic heterocycles. The van der Waals surface area contributed by atoms with Crippen LogP contribution in [0.1, 0.15) is 0 Å². The topological polar surface area (TPSA) is 159 Å². The lowest BCUT2D eigenvalue weighted by molar-refractivity contribution is -0.385. The predicted octanol–water partition coefficient (Wildman–Crippen LogP) is 6.45. The van der Waals surface area contributed by atoms with E-state index in [1.54, 1.807) is 36.4 Å². The van der Waals surface area contributed by atoms with Gasteiger partial charge in [0.1, 0.15) is 11.5 Å². The lowest BCUT2D eigenvalue weighted by Gasteiger charge is -2.15. The molecule has 0 aromatic heterocycles. The Balaban J connectivity index is 1.72. The molecule has 0 spiro atoms. The molecule has 13 heteroatoms. The Kier molecular flexibility index (Phi) is 8.71. The number of hydrogen-bond donors (Lipinski definition) is 0. The minimum Gasteiger partial charge on any atom is -0.493 e. The molecule has 4 aromatic carbocycles. The van der Waals surface area contributed by atoms with E-state index in [9.17, 15) is 25.0 Å². The van der Waals surface area contributed by atoms with Crippen LogP contribution in [-0.2, 0) is 0 Å². The molecule has 0 radical (unpaired) electrons. The highest BCUT2D eigenvalue weighted by atomic mass is 16.7. The first kappa shape index (κ1) is 29.1. The molecule has 0 aliphatic carbocycles. The maximum Gasteiger partial charge on any atom is 0.519 e. The van der Waals surface area contributed by atoms with E-state index in [0.717, 1.165) is 0 Å². The molecular weight excluding hydrogens is 552 g/mol. The third kappa shape index (κ3) is 6.14. The van der Waals surface area contributed by atoms with Crippen molar-refractivity contribution in [1.29, 1.82) is 0 Å². The van der Waals surface area contributed by atoms with Gasteiger partial charge in [-0.1, -0.05) is 12.1 Å². The Morgan fingerprint density at radius 2 is 0.881 bits per heavy atom. The minimum absolute atomic E-state index is 0.0487. The van der Waals surface area contributed by atoms with Gasteiger partial charge in [0.25, 0.3) is 11.4 Å². The normalized spacial score (nSPS) is 10.4. The van der Waals surface area contributed by atoms with Crippen molar-refractivity contribution in [3.8, 4) is 56.8 Å². The number of ether oxygens (including phenoxy) is 6. The van der Waals surface area contributed by atoms with Crippen LogP contribution in [0, 0.1) is 20.2 Å². The monoisotopic (exact) mass is 576 g/mol. The SMILES string of the molecule is COc1ccc(-c2cc([N+](=O)[O-])ccc2OC(=O)Oc2ccc([N+](=O)[O-])cc2-c2ccc(OC)c(OC)c2)cc1OC. The van der Waals surface area contributed by atoms with Crippen LogP contribution in [0.15, 0.2) is 72.8 Å². The van der Waals surface area contributed by atoms with Crippen LogP contribution in [0.5, 0.6) is 34.5 Å². The van der Waals surface area contributed by atoms with Crippen molar-refractivity contribution in [2.45, 2.75) is 0 Å². The van der Waals surface area contributed by atoms with Gasteiger partial charge in [-0.25, -0.2) is 4.79 Å². The second-order valence-electron chi connectivity index (χ2n) is 8.47. The molecule has 13 nitrogen and oxygen atoms in total. The van der Waals surface area contributed by atoms with E-state index in [0.29, 0.717) is 34.1 Å². The number of nitro groups is 2. The fourth-order valence-corrected chi connectivity index (χ4v) is 4.10. The van der Waals surface area contributed by atoms with Crippen LogP contribution in [0.4, 0.5) is 16.2 Å². The van der Waals surface area contributed by atoms with Crippen molar-refractivity contribution in [3.05, 3.63) is 93.0 Å². The first-order valence-corrected chi connectivity index (χ1v) is 12.1. The number of carbonyl (C=O) groups excluding carboxylic acids is 1. The van der Waals surface area contributed by atoms with E-state index in [2.05, 4.69) is 0 Å². The first-order valence-electron chi connectivity index (χ1n) is 12.1. The second-order valence-corrected chi connectivity index (χ2v) is 8.47. The Labute approximate surface area is 239 Å². The fraction of sp³-hybridized carbons (Fsp3) is 0.138. The van der Waals surface area contributed by atoms with Crippen molar-refractivity contribution in [2.75, 3.05) is 28.4 Å². The zero-order chi connectivity index (χ0) is 30.4. The summed E-state index contributed by atoms with van der Waals surface area (Å²) < 4.78 is 32.1. The van der Waals surface area contributed by atoms with Crippen LogP contribution < -0.4 is 28.4 Å². The molecule has 0 unspecified atom stereocenters. The van der Waals surface area contributed by atoms with Gasteiger partial charge in [-0.2, -0.15) is 0 Å². The van der Waals surface area contributed by atoms with E-state index in [4.69, 9.17) is 28.4 Å². The molecule has 0 saturated carbocycles. The standard InChI is InChI=1S/C29H24N2O11/c1-37-25-9-5-17(13-27(25)39-3)21-15-19(30(33)34)7-11-23(21)41-29(32)42-24-12-8-20(31(35)36)16-22(24)18-6-10-26(38-2)28(14-18)40-4/h5-16H,1-4H3. The number of methoxy groups -OCH3 is 4. The van der Waals surface area contributed by atoms with Gasteiger partial charge in [-0.3, -0.25) is 20.2 Å². The number of hydrogen-bond acceptors (Lipinski definition) is 11. The smallest absolute Gasteiger partial charge is 0.493 e. The van der Waals surface area contributed by atoms with Gasteiger partial charge in [-0.05, 0) is 47.5 Å². The molecule has 0 bridgehead atoms. The summed E-state index contributed by atoms with van der Waals surface area (Å²) in [5.74, 6) is 1.45. The van der Waals surface area contributed by atoms with Gasteiger partial charge in [0.2, 0.25) is 0 Å². The van der Waals surface area contributed by atoms with Crippen LogP contribution in [0.3, 0.4) is 0 Å². The molecule has 0 atom stereocenters. The highest BCUT2D eigenvalue weighted by molar-refractivity contribution is 5.81. The molecule has 0 N–H and O–H groups in total. The average molecular weight is 577 g/mol. The number of benzene rings is 4. The van der Waals surface area contributed by atoms with Crippen LogP contribution in [0.2, 0.25) is 0 Å². The molecule has 0 aliphatic rings. The van der Waals surface area contributed by atoms with E-state index in [-0.39, 0.29) is 34.0 Å². The summed E-state index contributed by atoms with van der Waals surface area (Å²) in [6.45, 7) is 0. The summed E-state index contributed by atoms with van der Waals surface area (Å²) in [7, 11) is 5.79. The Hall–Kier alpha value is -5.85. The van der Waals surface area contributed by atoms with E-state index in [1.807, 2.05) is 0 Å². The summed E-state index contributed by atoms with van der Waals surface area (Å²) in [6.07, 6.45) is -1.19. The third-order valence-corrected chi connectivity index (χ3v) is 6.12. The summed E-state index contributed by atoms with van der Waals surface area (Å²) in [6, 6.07) is 16.9. The van der Waals surface area contributed by atoms with Gasteiger partial charge >= 0.3 is 6.16 Å². The van der Waals surface area contributed by atoms with Crippen molar-refractivity contribution < 1.29 is 43.1 Å². The van der Waals surface area contributed by atoms with Crippen LogP contribution >= 0.6 is 0 Å². The third-order valence-electron chi connectivity index (χ3n) is 6.12. The quantitative estimate of drug-likeness (QED) is 0.0883. The Morgan fingerprint density at radius 3 is 1.21 bits per heavy atom. The number of carbonyl (C=O) groups is 1. The first-order chi connectivity index (χ1) is 20.2. The Morgan fingerprint density at radius 1 is 0.524 bits per heavy atom. The number of nitrogens with zero attached hydrogens (tertiary/aromatic N) is 2. The average Bonchev–Trinajstić information content (AvgIpc) is 3.00. The largest absolute Gasteiger partial charge is 0.519 e. The minimum atomic E-state index is -1.19. The van der Waals surface area contributed by atoms with Crippen LogP contribution in [-0.4, -0.2) is 44.4 Å².